The molecular weight excluding hydrogens is 748 g/mol. The summed E-state index contributed by atoms with van der Waals surface area (Å²) in [5.41, 5.74) is 16.2. The standard InChI is InChI=1S/C56H51BS2/c1-54(2,3)38-23-25-45-47(32-38)58-49-30-36(31-50-53(49)57(45)46-26-24-39(55(4,5)6)33-48(46)59-50)35-27-37(29-40(28-35)56(7,8)9)52-43-21-15-13-19-41(43)51(34-17-11-10-12-18-34)42-20-14-16-22-44(42)52/h10-33H,1-9H3. The molecule has 0 bridgehead atoms. The highest BCUT2D eigenvalue weighted by molar-refractivity contribution is 8.01. The predicted octanol–water partition coefficient (Wildman–Crippen LogP) is 14.3. The van der Waals surface area contributed by atoms with Crippen molar-refractivity contribution < 1.29 is 0 Å². The molecule has 8 aromatic carbocycles. The van der Waals surface area contributed by atoms with Crippen LogP contribution in [-0.4, -0.2) is 6.71 Å². The SMILES string of the molecule is CC(C)(C)c1cc(-c2cc3c4c(c2)Sc2cc(C(C)(C)C)ccc2B4c2ccc(C(C)(C)C)cc2S3)cc(-c2c3ccccc3c(-c3ccccc3)c3ccccc23)c1. The molecule has 2 aliphatic rings. The summed E-state index contributed by atoms with van der Waals surface area (Å²) < 4.78 is 0. The number of benzene rings is 8. The first-order valence-electron chi connectivity index (χ1n) is 21.1. The van der Waals surface area contributed by atoms with Crippen molar-refractivity contribution in [1.29, 1.82) is 0 Å². The Hall–Kier alpha value is -4.96. The van der Waals surface area contributed by atoms with Crippen molar-refractivity contribution in [2.45, 2.75) is 98.1 Å². The van der Waals surface area contributed by atoms with E-state index in [-0.39, 0.29) is 23.0 Å². The molecule has 3 heteroatoms. The molecule has 0 aliphatic carbocycles. The highest BCUT2D eigenvalue weighted by atomic mass is 32.2. The molecule has 0 fully saturated rings. The summed E-state index contributed by atoms with van der Waals surface area (Å²) in [5, 5.41) is 5.14. The second-order valence-electron chi connectivity index (χ2n) is 19.8. The van der Waals surface area contributed by atoms with Crippen LogP contribution in [0, 0.1) is 0 Å². The number of fused-ring (bicyclic) bond motifs is 6. The van der Waals surface area contributed by atoms with Crippen LogP contribution in [0.4, 0.5) is 0 Å². The first kappa shape index (κ1) is 38.3. The zero-order chi connectivity index (χ0) is 41.0. The van der Waals surface area contributed by atoms with Crippen molar-refractivity contribution in [3.05, 3.63) is 162 Å². The van der Waals surface area contributed by atoms with E-state index in [9.17, 15) is 0 Å². The maximum Gasteiger partial charge on any atom is 0.247 e. The van der Waals surface area contributed by atoms with Gasteiger partial charge in [0.25, 0.3) is 0 Å². The van der Waals surface area contributed by atoms with E-state index in [2.05, 4.69) is 208 Å². The molecule has 2 aliphatic heterocycles. The van der Waals surface area contributed by atoms with Crippen LogP contribution in [0.3, 0.4) is 0 Å². The third-order valence-electron chi connectivity index (χ3n) is 12.6. The van der Waals surface area contributed by atoms with Gasteiger partial charge in [-0.1, -0.05) is 212 Å². The third-order valence-corrected chi connectivity index (χ3v) is 14.9. The van der Waals surface area contributed by atoms with Crippen molar-refractivity contribution in [1.82, 2.24) is 0 Å². The lowest BCUT2D eigenvalue weighted by atomic mass is 9.36. The summed E-state index contributed by atoms with van der Waals surface area (Å²) in [4.78, 5) is 5.53. The summed E-state index contributed by atoms with van der Waals surface area (Å²) in [6.07, 6.45) is 0. The first-order chi connectivity index (χ1) is 28.1. The molecule has 0 saturated carbocycles. The maximum atomic E-state index is 2.51. The van der Waals surface area contributed by atoms with Gasteiger partial charge in [-0.25, -0.2) is 0 Å². The van der Waals surface area contributed by atoms with Crippen LogP contribution in [0.25, 0.3) is 54.9 Å². The Kier molecular flexibility index (Phi) is 8.95. The zero-order valence-electron chi connectivity index (χ0n) is 35.8. The molecule has 10 rings (SSSR count). The van der Waals surface area contributed by atoms with E-state index >= 15 is 0 Å². The van der Waals surface area contributed by atoms with Gasteiger partial charge in [-0.15, -0.1) is 0 Å². The van der Waals surface area contributed by atoms with Gasteiger partial charge in [0, 0.05) is 19.6 Å². The van der Waals surface area contributed by atoms with Crippen LogP contribution >= 0.6 is 23.5 Å². The van der Waals surface area contributed by atoms with Gasteiger partial charge in [-0.05, 0) is 124 Å². The Morgan fingerprint density at radius 1 is 0.339 bits per heavy atom. The fourth-order valence-electron chi connectivity index (χ4n) is 9.32. The summed E-state index contributed by atoms with van der Waals surface area (Å²) >= 11 is 3.94. The van der Waals surface area contributed by atoms with Crippen molar-refractivity contribution in [3.8, 4) is 33.4 Å². The Labute approximate surface area is 360 Å². The predicted molar refractivity (Wildman–Crippen MR) is 260 cm³/mol. The Morgan fingerprint density at radius 3 is 1.20 bits per heavy atom. The highest BCUT2D eigenvalue weighted by Crippen LogP contribution is 2.47. The Morgan fingerprint density at radius 2 is 0.746 bits per heavy atom. The Bertz CT molecular complexity index is 2840. The van der Waals surface area contributed by atoms with Crippen LogP contribution in [0.2, 0.25) is 0 Å². The average molecular weight is 799 g/mol. The van der Waals surface area contributed by atoms with Gasteiger partial charge in [0.1, 0.15) is 0 Å². The molecule has 59 heavy (non-hydrogen) atoms. The van der Waals surface area contributed by atoms with E-state index in [1.165, 1.54) is 108 Å². The smallest absolute Gasteiger partial charge is 0.0911 e. The molecule has 0 spiro atoms. The molecule has 0 amide bonds. The second kappa shape index (κ2) is 13.8. The van der Waals surface area contributed by atoms with Crippen LogP contribution in [-0.2, 0) is 16.2 Å². The summed E-state index contributed by atoms with van der Waals surface area (Å²) in [6, 6.07) is 56.0. The number of rotatable bonds is 3. The van der Waals surface area contributed by atoms with Crippen molar-refractivity contribution in [2.75, 3.05) is 0 Å². The van der Waals surface area contributed by atoms with Gasteiger partial charge >= 0.3 is 0 Å². The van der Waals surface area contributed by atoms with Crippen molar-refractivity contribution in [2.24, 2.45) is 0 Å². The fraction of sp³-hybridized carbons (Fsp3) is 0.214. The first-order valence-corrected chi connectivity index (χ1v) is 22.7. The zero-order valence-corrected chi connectivity index (χ0v) is 37.4. The number of hydrogen-bond acceptors (Lipinski definition) is 2. The minimum absolute atomic E-state index is 0.0536. The van der Waals surface area contributed by atoms with E-state index in [1.807, 2.05) is 23.5 Å². The number of hydrogen-bond donors (Lipinski definition) is 0. The maximum absolute atomic E-state index is 2.51. The van der Waals surface area contributed by atoms with E-state index in [0.29, 0.717) is 0 Å². The van der Waals surface area contributed by atoms with Crippen LogP contribution in [0.5, 0.6) is 0 Å². The minimum atomic E-state index is -0.0536. The Balaban J connectivity index is 1.22. The molecule has 2 heterocycles. The second-order valence-corrected chi connectivity index (χ2v) is 22.0. The molecule has 0 unspecified atom stereocenters. The van der Waals surface area contributed by atoms with Gasteiger partial charge in [-0.3, -0.25) is 0 Å². The van der Waals surface area contributed by atoms with Crippen molar-refractivity contribution in [3.63, 3.8) is 0 Å². The molecule has 0 nitrogen and oxygen atoms in total. The van der Waals surface area contributed by atoms with Gasteiger partial charge in [-0.2, -0.15) is 0 Å². The molecule has 290 valence electrons. The summed E-state index contributed by atoms with van der Waals surface area (Å²) in [5.74, 6) is 0. The average Bonchev–Trinajstić information content (AvgIpc) is 3.21. The lowest BCUT2D eigenvalue weighted by Crippen LogP contribution is -2.58. The van der Waals surface area contributed by atoms with E-state index in [1.54, 1.807) is 0 Å². The molecule has 8 aromatic rings. The quantitative estimate of drug-likeness (QED) is 0.129. The molecule has 0 saturated heterocycles. The minimum Gasteiger partial charge on any atom is -0.0911 e. The highest BCUT2D eigenvalue weighted by Gasteiger charge is 2.39. The van der Waals surface area contributed by atoms with Gasteiger partial charge in [0.05, 0.1) is 0 Å². The van der Waals surface area contributed by atoms with Crippen molar-refractivity contribution >= 4 is 68.2 Å². The summed E-state index contributed by atoms with van der Waals surface area (Å²) in [6.45, 7) is 21.2. The normalized spacial score (nSPS) is 13.7. The molecular formula is C56H51BS2. The van der Waals surface area contributed by atoms with E-state index in [4.69, 9.17) is 0 Å². The largest absolute Gasteiger partial charge is 0.247 e. The van der Waals surface area contributed by atoms with Crippen LogP contribution < -0.4 is 16.4 Å². The fourth-order valence-corrected chi connectivity index (χ4v) is 11.9. The van der Waals surface area contributed by atoms with E-state index < -0.39 is 0 Å². The lowest BCUT2D eigenvalue weighted by molar-refractivity contribution is 0.589. The van der Waals surface area contributed by atoms with Crippen LogP contribution in [0.15, 0.2) is 165 Å². The lowest BCUT2D eigenvalue weighted by Gasteiger charge is -2.35. The molecule has 0 aromatic heterocycles. The van der Waals surface area contributed by atoms with Gasteiger partial charge in [0.15, 0.2) is 0 Å². The molecule has 0 atom stereocenters. The third kappa shape index (κ3) is 6.57. The molecule has 0 N–H and O–H groups in total. The van der Waals surface area contributed by atoms with Crippen LogP contribution in [0.1, 0.15) is 79.0 Å². The topological polar surface area (TPSA) is 0 Å². The van der Waals surface area contributed by atoms with Gasteiger partial charge < -0.3 is 0 Å². The summed E-state index contributed by atoms with van der Waals surface area (Å²) in [7, 11) is 0. The van der Waals surface area contributed by atoms with E-state index in [0.717, 1.165) is 0 Å². The van der Waals surface area contributed by atoms with Gasteiger partial charge in [0.2, 0.25) is 6.71 Å². The molecule has 0 radical (unpaired) electrons. The monoisotopic (exact) mass is 798 g/mol.